The summed E-state index contributed by atoms with van der Waals surface area (Å²) in [6.07, 6.45) is 0. The molecule has 0 saturated carbocycles. The second kappa shape index (κ2) is 5.51. The van der Waals surface area contributed by atoms with E-state index in [9.17, 15) is 0 Å². The Balaban J connectivity index is 2.32. The first-order valence-corrected chi connectivity index (χ1v) is 6.90. The SMILES string of the molecule is [2H]c1c([2H])c([2H])c2c(c1[2H])Sc1c([2H])c([2H])c([2H])c([2H])c1N2CC(C)N(C)C([2H])([2H])[2H]. The van der Waals surface area contributed by atoms with Gasteiger partial charge in [0.1, 0.15) is 0 Å². The summed E-state index contributed by atoms with van der Waals surface area (Å²) in [5, 5.41) is 0. The Hall–Kier alpha value is -1.45. The Morgan fingerprint density at radius 3 is 2.25 bits per heavy atom. The number of benzene rings is 2. The van der Waals surface area contributed by atoms with E-state index in [-0.39, 0.29) is 51.9 Å². The molecule has 20 heavy (non-hydrogen) atoms. The van der Waals surface area contributed by atoms with E-state index in [1.54, 1.807) is 6.92 Å². The minimum atomic E-state index is -2.42. The molecule has 1 aliphatic rings. The van der Waals surface area contributed by atoms with Gasteiger partial charge in [0.15, 0.2) is 0 Å². The maximum Gasteiger partial charge on any atom is 0.0645 e. The Morgan fingerprint density at radius 2 is 1.70 bits per heavy atom. The molecule has 2 nitrogen and oxygen atoms in total. The lowest BCUT2D eigenvalue weighted by Gasteiger charge is -2.36. The minimum absolute atomic E-state index is 0.0688. The van der Waals surface area contributed by atoms with E-state index in [1.807, 2.05) is 0 Å². The summed E-state index contributed by atoms with van der Waals surface area (Å²) in [4.78, 5) is 2.79. The van der Waals surface area contributed by atoms with Crippen LogP contribution in [0.5, 0.6) is 0 Å². The van der Waals surface area contributed by atoms with Crippen molar-refractivity contribution in [1.82, 2.24) is 4.90 Å². The summed E-state index contributed by atoms with van der Waals surface area (Å²) >= 11 is 0.867. The van der Waals surface area contributed by atoms with Gasteiger partial charge in [-0.1, -0.05) is 35.9 Å². The van der Waals surface area contributed by atoms with Crippen molar-refractivity contribution in [3.05, 3.63) is 48.3 Å². The number of rotatable bonds is 3. The zero-order valence-electron chi connectivity index (χ0n) is 22.1. The highest BCUT2D eigenvalue weighted by atomic mass is 32.2. The topological polar surface area (TPSA) is 6.48 Å². The number of hydrogen-bond donors (Lipinski definition) is 0. The average Bonchev–Trinajstić information content (AvgIpc) is 2.70. The van der Waals surface area contributed by atoms with Crippen LogP contribution in [0.1, 0.15) is 22.0 Å². The monoisotopic (exact) mass is 295 g/mol. The zero-order chi connectivity index (χ0) is 23.6. The van der Waals surface area contributed by atoms with Crippen LogP contribution in [0.25, 0.3) is 0 Å². The van der Waals surface area contributed by atoms with Crippen molar-refractivity contribution in [3.63, 3.8) is 0 Å². The van der Waals surface area contributed by atoms with Gasteiger partial charge >= 0.3 is 0 Å². The van der Waals surface area contributed by atoms with Crippen LogP contribution in [0.15, 0.2) is 58.1 Å². The lowest BCUT2D eigenvalue weighted by molar-refractivity contribution is 0.319. The highest BCUT2D eigenvalue weighted by Crippen LogP contribution is 2.47. The van der Waals surface area contributed by atoms with Crippen molar-refractivity contribution in [2.24, 2.45) is 0 Å². The predicted molar refractivity (Wildman–Crippen MR) is 87.2 cm³/mol. The standard InChI is InChI=1S/C17H20N2S/c1-13(18(2)3)12-19-14-8-4-6-10-16(14)20-17-11-7-5-9-15(17)19/h4-11,13H,12H2,1-3H3/i2D3,4D,5D,6D,7D,8D,9D,10D,11D. The first-order valence-electron chi connectivity index (χ1n) is 11.6. The van der Waals surface area contributed by atoms with Crippen molar-refractivity contribution < 1.29 is 15.1 Å². The molecule has 0 radical (unpaired) electrons. The Kier molecular flexibility index (Phi) is 1.58. The van der Waals surface area contributed by atoms with Crippen LogP contribution in [0.2, 0.25) is 0 Å². The van der Waals surface area contributed by atoms with E-state index in [0.29, 0.717) is 0 Å². The Labute approximate surface area is 140 Å². The molecule has 1 unspecified atom stereocenters. The van der Waals surface area contributed by atoms with E-state index >= 15 is 0 Å². The molecule has 1 aliphatic heterocycles. The van der Waals surface area contributed by atoms with Gasteiger partial charge in [0.25, 0.3) is 0 Å². The van der Waals surface area contributed by atoms with Gasteiger partial charge in [-0.3, -0.25) is 0 Å². The van der Waals surface area contributed by atoms with Gasteiger partial charge < -0.3 is 9.80 Å². The molecule has 0 aliphatic carbocycles. The molecule has 104 valence electrons. The third kappa shape index (κ3) is 2.43. The van der Waals surface area contributed by atoms with Gasteiger partial charge in [0.05, 0.1) is 22.3 Å². The number of para-hydroxylation sites is 2. The Bertz CT molecular complexity index is 1000. The lowest BCUT2D eigenvalue weighted by Crippen LogP contribution is -2.37. The third-order valence-corrected chi connectivity index (χ3v) is 4.12. The van der Waals surface area contributed by atoms with Crippen LogP contribution in [0.3, 0.4) is 0 Å². The van der Waals surface area contributed by atoms with Crippen molar-refractivity contribution in [3.8, 4) is 0 Å². The molecule has 3 rings (SSSR count). The quantitative estimate of drug-likeness (QED) is 0.836. The summed E-state index contributed by atoms with van der Waals surface area (Å²) in [6.45, 7) is -0.855. The molecule has 0 fully saturated rings. The highest BCUT2D eigenvalue weighted by molar-refractivity contribution is 7.99. The van der Waals surface area contributed by atoms with E-state index < -0.39 is 37.2 Å². The fourth-order valence-electron chi connectivity index (χ4n) is 1.90. The predicted octanol–water partition coefficient (Wildman–Crippen LogP) is 4.24. The van der Waals surface area contributed by atoms with Crippen LogP contribution < -0.4 is 4.90 Å². The van der Waals surface area contributed by atoms with Crippen LogP contribution in [0.4, 0.5) is 11.4 Å². The fraction of sp³-hybridized carbons (Fsp3) is 0.294. The molecular weight excluding hydrogens is 264 g/mol. The largest absolute Gasteiger partial charge is 0.338 e. The molecule has 0 bridgehead atoms. The molecule has 1 heterocycles. The van der Waals surface area contributed by atoms with Crippen molar-refractivity contribution in [2.45, 2.75) is 22.8 Å². The summed E-state index contributed by atoms with van der Waals surface area (Å²) in [6, 6.07) is -3.85. The number of likely N-dealkylation sites (N-methyl/N-ethyl adjacent to an activating group) is 1. The molecule has 3 heteroatoms. The lowest BCUT2D eigenvalue weighted by atomic mass is 10.2. The van der Waals surface area contributed by atoms with Crippen LogP contribution in [-0.2, 0) is 0 Å². The van der Waals surface area contributed by atoms with E-state index in [4.69, 9.17) is 15.1 Å². The summed E-state index contributed by atoms with van der Waals surface area (Å²) in [5.74, 6) is 0. The van der Waals surface area contributed by atoms with Gasteiger partial charge in [0, 0.05) is 26.5 Å². The molecule has 2 aromatic rings. The third-order valence-electron chi connectivity index (χ3n) is 3.12. The first kappa shape index (κ1) is 5.74. The average molecular weight is 295 g/mol. The second-order valence-corrected chi connectivity index (χ2v) is 5.55. The van der Waals surface area contributed by atoms with Crippen LogP contribution in [-0.4, -0.2) is 31.5 Å². The zero-order valence-corrected chi connectivity index (χ0v) is 11.9. The summed E-state index contributed by atoms with van der Waals surface area (Å²) in [5.41, 5.74) is 0.138. The van der Waals surface area contributed by atoms with E-state index in [0.717, 1.165) is 16.7 Å². The smallest absolute Gasteiger partial charge is 0.0645 e. The fourth-order valence-corrected chi connectivity index (χ4v) is 2.82. The van der Waals surface area contributed by atoms with Crippen molar-refractivity contribution in [1.29, 1.82) is 0 Å². The molecule has 0 saturated heterocycles. The first-order chi connectivity index (χ1) is 14.2. The van der Waals surface area contributed by atoms with Crippen LogP contribution >= 0.6 is 11.8 Å². The van der Waals surface area contributed by atoms with Crippen LogP contribution in [0, 0.1) is 0 Å². The molecule has 0 amide bonds. The van der Waals surface area contributed by atoms with E-state index in [1.165, 1.54) is 11.9 Å². The summed E-state index contributed by atoms with van der Waals surface area (Å²) in [7, 11) is 1.40. The van der Waals surface area contributed by atoms with Gasteiger partial charge in [-0.25, -0.2) is 0 Å². The second-order valence-electron chi connectivity index (χ2n) is 4.53. The molecular formula is C17H20N2S. The maximum absolute atomic E-state index is 8.41. The number of anilines is 2. The normalized spacial score (nSPS) is 23.4. The van der Waals surface area contributed by atoms with Gasteiger partial charge in [-0.2, -0.15) is 0 Å². The van der Waals surface area contributed by atoms with Gasteiger partial charge in [-0.05, 0) is 45.1 Å². The molecule has 0 N–H and O–H groups in total. The van der Waals surface area contributed by atoms with E-state index in [2.05, 4.69) is 0 Å². The van der Waals surface area contributed by atoms with Gasteiger partial charge in [0.2, 0.25) is 0 Å². The molecule has 0 spiro atoms. The van der Waals surface area contributed by atoms with Crippen molar-refractivity contribution >= 4 is 23.1 Å². The highest BCUT2D eigenvalue weighted by Gasteiger charge is 2.24. The Morgan fingerprint density at radius 1 is 1.15 bits per heavy atom. The number of hydrogen-bond acceptors (Lipinski definition) is 3. The molecule has 1 atom stereocenters. The molecule has 2 aromatic carbocycles. The minimum Gasteiger partial charge on any atom is -0.338 e. The number of nitrogens with zero attached hydrogens (tertiary/aromatic N) is 2. The van der Waals surface area contributed by atoms with Gasteiger partial charge in [-0.15, -0.1) is 0 Å². The maximum atomic E-state index is 8.41. The number of fused-ring (bicyclic) bond motifs is 2. The molecule has 0 aromatic heterocycles. The van der Waals surface area contributed by atoms with Crippen molar-refractivity contribution in [2.75, 3.05) is 25.5 Å². The summed E-state index contributed by atoms with van der Waals surface area (Å²) < 4.78 is 88.4.